The molecule has 1 fully saturated rings. The minimum atomic E-state index is -0.935. The molecule has 0 radical (unpaired) electrons. The molecule has 1 saturated heterocycles. The van der Waals surface area contributed by atoms with Crippen LogP contribution >= 0.6 is 0 Å². The lowest BCUT2D eigenvalue weighted by molar-refractivity contribution is -0.138. The average molecular weight is 284 g/mol. The van der Waals surface area contributed by atoms with Gasteiger partial charge in [0.1, 0.15) is 0 Å². The summed E-state index contributed by atoms with van der Waals surface area (Å²) in [7, 11) is 0. The van der Waals surface area contributed by atoms with Crippen LogP contribution in [0, 0.1) is 17.8 Å². The molecule has 3 amide bonds. The molecular formula is C14H24N2O4. The lowest BCUT2D eigenvalue weighted by atomic mass is 9.92. The van der Waals surface area contributed by atoms with Crippen LogP contribution in [-0.2, 0) is 9.59 Å². The highest BCUT2D eigenvalue weighted by molar-refractivity contribution is 5.94. The Labute approximate surface area is 119 Å². The van der Waals surface area contributed by atoms with Crippen molar-refractivity contribution in [3.05, 3.63) is 0 Å². The summed E-state index contributed by atoms with van der Waals surface area (Å²) in [6, 6.07) is -0.365. The van der Waals surface area contributed by atoms with E-state index in [1.807, 2.05) is 0 Å². The maximum Gasteiger partial charge on any atom is 0.324 e. The van der Waals surface area contributed by atoms with Crippen LogP contribution < -0.4 is 5.32 Å². The number of rotatable bonds is 4. The number of piperidine rings is 1. The predicted molar refractivity (Wildman–Crippen MR) is 74.1 cm³/mol. The normalized spacial score (nSPS) is 24.1. The van der Waals surface area contributed by atoms with Gasteiger partial charge in [-0.05, 0) is 24.2 Å². The van der Waals surface area contributed by atoms with Crippen molar-refractivity contribution >= 4 is 17.9 Å². The second kappa shape index (κ2) is 7.26. The van der Waals surface area contributed by atoms with Gasteiger partial charge in [-0.2, -0.15) is 0 Å². The Hall–Kier alpha value is -1.59. The number of nitrogens with one attached hydrogen (secondary N) is 1. The van der Waals surface area contributed by atoms with Gasteiger partial charge in [-0.25, -0.2) is 4.79 Å². The Bertz CT molecular complexity index is 373. The van der Waals surface area contributed by atoms with Gasteiger partial charge in [0, 0.05) is 25.9 Å². The van der Waals surface area contributed by atoms with E-state index in [0.29, 0.717) is 24.9 Å². The molecule has 0 spiro atoms. The first-order valence-electron chi connectivity index (χ1n) is 7.08. The number of hydrogen-bond donors (Lipinski definition) is 2. The maximum atomic E-state index is 12.0. The number of carbonyl (C=O) groups excluding carboxylic acids is 2. The second-order valence-corrected chi connectivity index (χ2v) is 6.11. The minimum absolute atomic E-state index is 0.0526. The topological polar surface area (TPSA) is 86.7 Å². The SMILES string of the molecule is CC(CC(=O)O)CC(=O)NC(=O)N1CC(C)CC(C)C1. The third-order valence-electron chi connectivity index (χ3n) is 3.46. The number of carboxylic acid groups (broad SMARTS) is 1. The zero-order valence-corrected chi connectivity index (χ0v) is 12.4. The summed E-state index contributed by atoms with van der Waals surface area (Å²) in [4.78, 5) is 35.9. The van der Waals surface area contributed by atoms with E-state index in [2.05, 4.69) is 19.2 Å². The van der Waals surface area contributed by atoms with Crippen molar-refractivity contribution < 1.29 is 19.5 Å². The molecule has 114 valence electrons. The molecule has 0 aromatic heterocycles. The van der Waals surface area contributed by atoms with Crippen molar-refractivity contribution in [2.45, 2.75) is 40.0 Å². The van der Waals surface area contributed by atoms with E-state index in [0.717, 1.165) is 6.42 Å². The van der Waals surface area contributed by atoms with Crippen molar-refractivity contribution in [1.29, 1.82) is 0 Å². The number of nitrogens with zero attached hydrogens (tertiary/aromatic N) is 1. The molecule has 0 aromatic carbocycles. The molecule has 0 saturated carbocycles. The molecule has 0 aliphatic carbocycles. The highest BCUT2D eigenvalue weighted by Gasteiger charge is 2.26. The molecule has 6 heteroatoms. The van der Waals surface area contributed by atoms with E-state index in [1.165, 1.54) is 0 Å². The predicted octanol–water partition coefficient (Wildman–Crippen LogP) is 1.70. The lowest BCUT2D eigenvalue weighted by Gasteiger charge is -2.34. The van der Waals surface area contributed by atoms with E-state index in [9.17, 15) is 14.4 Å². The van der Waals surface area contributed by atoms with Crippen LogP contribution in [0.3, 0.4) is 0 Å². The molecule has 20 heavy (non-hydrogen) atoms. The van der Waals surface area contributed by atoms with Gasteiger partial charge in [0.2, 0.25) is 5.91 Å². The number of carbonyl (C=O) groups is 3. The van der Waals surface area contributed by atoms with Gasteiger partial charge in [0.15, 0.2) is 0 Å². The number of likely N-dealkylation sites (tertiary alicyclic amines) is 1. The zero-order valence-electron chi connectivity index (χ0n) is 12.4. The summed E-state index contributed by atoms with van der Waals surface area (Å²) in [5, 5.41) is 11.0. The quantitative estimate of drug-likeness (QED) is 0.822. The number of carboxylic acids is 1. The maximum absolute atomic E-state index is 12.0. The molecule has 1 rings (SSSR count). The fraction of sp³-hybridized carbons (Fsp3) is 0.786. The van der Waals surface area contributed by atoms with E-state index in [1.54, 1.807) is 11.8 Å². The van der Waals surface area contributed by atoms with Gasteiger partial charge >= 0.3 is 12.0 Å². The number of amides is 3. The fourth-order valence-corrected chi connectivity index (χ4v) is 2.76. The summed E-state index contributed by atoms with van der Waals surface area (Å²) < 4.78 is 0. The largest absolute Gasteiger partial charge is 0.481 e. The van der Waals surface area contributed by atoms with Gasteiger partial charge in [0.05, 0.1) is 0 Å². The number of hydrogen-bond acceptors (Lipinski definition) is 3. The summed E-state index contributed by atoms with van der Waals surface area (Å²) >= 11 is 0. The standard InChI is InChI=1S/C14H24N2O4/c1-9(6-13(18)19)5-12(17)15-14(20)16-7-10(2)4-11(3)8-16/h9-11H,4-8H2,1-3H3,(H,18,19)(H,15,17,20). The first-order chi connectivity index (χ1) is 9.27. The average Bonchev–Trinajstić information content (AvgIpc) is 2.25. The summed E-state index contributed by atoms with van der Waals surface area (Å²) in [5.74, 6) is -0.750. The Kier molecular flexibility index (Phi) is 5.98. The molecule has 2 N–H and O–H groups in total. The number of urea groups is 1. The third kappa shape index (κ3) is 5.59. The molecule has 0 aromatic rings. The monoisotopic (exact) mass is 284 g/mol. The van der Waals surface area contributed by atoms with Crippen LogP contribution in [0.1, 0.15) is 40.0 Å². The van der Waals surface area contributed by atoms with Crippen molar-refractivity contribution in [2.24, 2.45) is 17.8 Å². The first kappa shape index (κ1) is 16.5. The Morgan fingerprint density at radius 1 is 1.20 bits per heavy atom. The first-order valence-corrected chi connectivity index (χ1v) is 7.08. The molecular weight excluding hydrogens is 260 g/mol. The number of aliphatic carboxylic acids is 1. The van der Waals surface area contributed by atoms with Crippen LogP contribution in [0.25, 0.3) is 0 Å². The lowest BCUT2D eigenvalue weighted by Crippen LogP contribution is -2.49. The fourth-order valence-electron chi connectivity index (χ4n) is 2.76. The minimum Gasteiger partial charge on any atom is -0.481 e. The van der Waals surface area contributed by atoms with Crippen molar-refractivity contribution in [1.82, 2.24) is 10.2 Å². The highest BCUT2D eigenvalue weighted by Crippen LogP contribution is 2.20. The van der Waals surface area contributed by atoms with Crippen LogP contribution in [-0.4, -0.2) is 41.0 Å². The number of imide groups is 1. The molecule has 0 bridgehead atoms. The Morgan fingerprint density at radius 2 is 1.75 bits per heavy atom. The van der Waals surface area contributed by atoms with Crippen LogP contribution in [0.2, 0.25) is 0 Å². The molecule has 1 heterocycles. The van der Waals surface area contributed by atoms with Crippen LogP contribution in [0.4, 0.5) is 4.79 Å². The molecule has 1 aliphatic heterocycles. The molecule has 1 aliphatic rings. The van der Waals surface area contributed by atoms with Gasteiger partial charge in [-0.1, -0.05) is 20.8 Å². The van der Waals surface area contributed by atoms with E-state index in [4.69, 9.17) is 5.11 Å². The molecule has 3 atom stereocenters. The van der Waals surface area contributed by atoms with Gasteiger partial charge < -0.3 is 10.0 Å². The van der Waals surface area contributed by atoms with Crippen molar-refractivity contribution in [3.63, 3.8) is 0 Å². The smallest absolute Gasteiger partial charge is 0.324 e. The van der Waals surface area contributed by atoms with Crippen molar-refractivity contribution in [2.75, 3.05) is 13.1 Å². The summed E-state index contributed by atoms with van der Waals surface area (Å²) in [6.07, 6.45) is 1.07. The Morgan fingerprint density at radius 3 is 2.25 bits per heavy atom. The van der Waals surface area contributed by atoms with E-state index in [-0.39, 0.29) is 24.8 Å². The summed E-state index contributed by atoms with van der Waals surface area (Å²) in [5.41, 5.74) is 0. The van der Waals surface area contributed by atoms with E-state index < -0.39 is 11.9 Å². The van der Waals surface area contributed by atoms with E-state index >= 15 is 0 Å². The highest BCUT2D eigenvalue weighted by atomic mass is 16.4. The second-order valence-electron chi connectivity index (χ2n) is 6.11. The van der Waals surface area contributed by atoms with Gasteiger partial charge in [-0.3, -0.25) is 14.9 Å². The third-order valence-corrected chi connectivity index (χ3v) is 3.46. The zero-order chi connectivity index (χ0) is 15.3. The van der Waals surface area contributed by atoms with Gasteiger partial charge in [-0.15, -0.1) is 0 Å². The molecule has 6 nitrogen and oxygen atoms in total. The molecule has 3 unspecified atom stereocenters. The Balaban J connectivity index is 2.41. The summed E-state index contributed by atoms with van der Waals surface area (Å²) in [6.45, 7) is 7.19. The van der Waals surface area contributed by atoms with Crippen molar-refractivity contribution in [3.8, 4) is 0 Å². The van der Waals surface area contributed by atoms with Crippen LogP contribution in [0.15, 0.2) is 0 Å². The van der Waals surface area contributed by atoms with Crippen LogP contribution in [0.5, 0.6) is 0 Å². The van der Waals surface area contributed by atoms with Gasteiger partial charge in [0.25, 0.3) is 0 Å².